The van der Waals surface area contributed by atoms with Gasteiger partial charge in [-0.05, 0) is 6.42 Å². The van der Waals surface area contributed by atoms with Crippen molar-refractivity contribution >= 4 is 5.91 Å². The third-order valence-electron chi connectivity index (χ3n) is 1.50. The predicted molar refractivity (Wildman–Crippen MR) is 35.9 cm³/mol. The van der Waals surface area contributed by atoms with Gasteiger partial charge in [-0.1, -0.05) is 19.1 Å². The molecule has 0 saturated heterocycles. The fourth-order valence-corrected chi connectivity index (χ4v) is 0.824. The summed E-state index contributed by atoms with van der Waals surface area (Å²) in [5.74, 6) is 0.323. The number of carbonyl (C=O) groups excluding carboxylic acids is 1. The largest absolute Gasteiger partial charge is 0.352 e. The standard InChI is InChI=1S/C7H11NO/c1-6-4-2-3-5-8-7(6)9/h2-3,6H,4-5H2,1H3,(H,8,9). The number of allylic oxidation sites excluding steroid dienone is 1. The van der Waals surface area contributed by atoms with Gasteiger partial charge in [0.25, 0.3) is 0 Å². The predicted octanol–water partition coefficient (Wildman–Crippen LogP) is 0.699. The summed E-state index contributed by atoms with van der Waals surface area (Å²) in [6.07, 6.45) is 4.91. The number of hydrogen-bond acceptors (Lipinski definition) is 1. The highest BCUT2D eigenvalue weighted by molar-refractivity contribution is 5.78. The van der Waals surface area contributed by atoms with E-state index in [0.29, 0.717) is 6.54 Å². The van der Waals surface area contributed by atoms with Gasteiger partial charge in [0.05, 0.1) is 0 Å². The fourth-order valence-electron chi connectivity index (χ4n) is 0.824. The summed E-state index contributed by atoms with van der Waals surface area (Å²) >= 11 is 0. The van der Waals surface area contributed by atoms with Crippen molar-refractivity contribution in [1.82, 2.24) is 5.32 Å². The van der Waals surface area contributed by atoms with E-state index in [4.69, 9.17) is 0 Å². The normalized spacial score (nSPS) is 27.2. The SMILES string of the molecule is CC1CC=CCNC1=O. The molecule has 0 aliphatic carbocycles. The maximum Gasteiger partial charge on any atom is 0.223 e. The third-order valence-corrected chi connectivity index (χ3v) is 1.50. The molecule has 9 heavy (non-hydrogen) atoms. The van der Waals surface area contributed by atoms with Crippen molar-refractivity contribution in [3.8, 4) is 0 Å². The maximum absolute atomic E-state index is 10.9. The monoisotopic (exact) mass is 125 g/mol. The van der Waals surface area contributed by atoms with Crippen LogP contribution in [0.1, 0.15) is 13.3 Å². The molecule has 1 atom stereocenters. The van der Waals surface area contributed by atoms with Gasteiger partial charge < -0.3 is 5.32 Å². The summed E-state index contributed by atoms with van der Waals surface area (Å²) in [5.41, 5.74) is 0. The third kappa shape index (κ3) is 1.56. The lowest BCUT2D eigenvalue weighted by Gasteiger charge is -2.03. The Labute approximate surface area is 54.9 Å². The Morgan fingerprint density at radius 3 is 3.22 bits per heavy atom. The van der Waals surface area contributed by atoms with Crippen LogP contribution in [0.5, 0.6) is 0 Å². The molecule has 1 aliphatic rings. The smallest absolute Gasteiger partial charge is 0.223 e. The molecule has 0 saturated carbocycles. The van der Waals surface area contributed by atoms with Crippen molar-refractivity contribution in [2.24, 2.45) is 5.92 Å². The van der Waals surface area contributed by atoms with Crippen molar-refractivity contribution in [3.05, 3.63) is 12.2 Å². The van der Waals surface area contributed by atoms with Crippen LogP contribution in [0.15, 0.2) is 12.2 Å². The van der Waals surface area contributed by atoms with Crippen LogP contribution in [0.4, 0.5) is 0 Å². The molecular weight excluding hydrogens is 114 g/mol. The molecule has 2 heteroatoms. The topological polar surface area (TPSA) is 29.1 Å². The highest BCUT2D eigenvalue weighted by atomic mass is 16.1. The second kappa shape index (κ2) is 2.67. The van der Waals surface area contributed by atoms with Gasteiger partial charge in [0.2, 0.25) is 5.91 Å². The van der Waals surface area contributed by atoms with Crippen molar-refractivity contribution in [3.63, 3.8) is 0 Å². The van der Waals surface area contributed by atoms with Gasteiger partial charge in [-0.15, -0.1) is 0 Å². The molecule has 2 nitrogen and oxygen atoms in total. The van der Waals surface area contributed by atoms with E-state index < -0.39 is 0 Å². The summed E-state index contributed by atoms with van der Waals surface area (Å²) in [6.45, 7) is 2.63. The highest BCUT2D eigenvalue weighted by Gasteiger charge is 2.10. The summed E-state index contributed by atoms with van der Waals surface area (Å²) in [5, 5.41) is 2.77. The Hall–Kier alpha value is -0.790. The van der Waals surface area contributed by atoms with Crippen molar-refractivity contribution in [2.75, 3.05) is 6.54 Å². The lowest BCUT2D eigenvalue weighted by Crippen LogP contribution is -2.27. The molecule has 1 aliphatic heterocycles. The molecule has 1 unspecified atom stereocenters. The molecule has 1 N–H and O–H groups in total. The van der Waals surface area contributed by atoms with E-state index in [1.165, 1.54) is 0 Å². The number of rotatable bonds is 0. The van der Waals surface area contributed by atoms with Gasteiger partial charge in [0.15, 0.2) is 0 Å². The van der Waals surface area contributed by atoms with E-state index in [2.05, 4.69) is 5.32 Å². The quantitative estimate of drug-likeness (QED) is 0.474. The van der Waals surface area contributed by atoms with Gasteiger partial charge in [-0.2, -0.15) is 0 Å². The molecule has 0 spiro atoms. The van der Waals surface area contributed by atoms with E-state index in [-0.39, 0.29) is 11.8 Å². The van der Waals surface area contributed by atoms with Crippen LogP contribution < -0.4 is 5.32 Å². The van der Waals surface area contributed by atoms with Crippen LogP contribution in [-0.2, 0) is 4.79 Å². The van der Waals surface area contributed by atoms with Gasteiger partial charge in [-0.3, -0.25) is 4.79 Å². The summed E-state index contributed by atoms with van der Waals surface area (Å²) in [7, 11) is 0. The Morgan fingerprint density at radius 2 is 2.44 bits per heavy atom. The molecular formula is C7H11NO. The van der Waals surface area contributed by atoms with E-state index in [9.17, 15) is 4.79 Å². The zero-order chi connectivity index (χ0) is 6.69. The number of amides is 1. The van der Waals surface area contributed by atoms with Crippen LogP contribution in [-0.4, -0.2) is 12.5 Å². The van der Waals surface area contributed by atoms with E-state index in [1.54, 1.807) is 0 Å². The first-order valence-electron chi connectivity index (χ1n) is 3.23. The Morgan fingerprint density at radius 1 is 1.67 bits per heavy atom. The second-order valence-corrected chi connectivity index (χ2v) is 2.35. The first-order chi connectivity index (χ1) is 4.30. The molecule has 0 aromatic heterocycles. The summed E-state index contributed by atoms with van der Waals surface area (Å²) < 4.78 is 0. The zero-order valence-corrected chi connectivity index (χ0v) is 5.55. The number of hydrogen-bond donors (Lipinski definition) is 1. The molecule has 50 valence electrons. The zero-order valence-electron chi connectivity index (χ0n) is 5.55. The van der Waals surface area contributed by atoms with Gasteiger partial charge in [-0.25, -0.2) is 0 Å². The van der Waals surface area contributed by atoms with Gasteiger partial charge in [0.1, 0.15) is 0 Å². The van der Waals surface area contributed by atoms with E-state index in [1.807, 2.05) is 19.1 Å². The molecule has 0 radical (unpaired) electrons. The fraction of sp³-hybridized carbons (Fsp3) is 0.571. The minimum absolute atomic E-state index is 0.156. The number of nitrogens with one attached hydrogen (secondary N) is 1. The van der Waals surface area contributed by atoms with Gasteiger partial charge >= 0.3 is 0 Å². The Balaban J connectivity index is 2.52. The van der Waals surface area contributed by atoms with Crippen LogP contribution in [0, 0.1) is 5.92 Å². The molecule has 1 heterocycles. The molecule has 0 fully saturated rings. The first kappa shape index (κ1) is 6.33. The average Bonchev–Trinajstić information content (AvgIpc) is 1.99. The minimum Gasteiger partial charge on any atom is -0.352 e. The molecule has 0 aromatic rings. The van der Waals surface area contributed by atoms with Crippen molar-refractivity contribution in [2.45, 2.75) is 13.3 Å². The van der Waals surface area contributed by atoms with Crippen molar-refractivity contribution in [1.29, 1.82) is 0 Å². The summed E-state index contributed by atoms with van der Waals surface area (Å²) in [4.78, 5) is 10.9. The van der Waals surface area contributed by atoms with Gasteiger partial charge in [0, 0.05) is 12.5 Å². The molecule has 1 amide bonds. The molecule has 0 bridgehead atoms. The van der Waals surface area contributed by atoms with Crippen LogP contribution in [0.25, 0.3) is 0 Å². The first-order valence-corrected chi connectivity index (χ1v) is 3.23. The number of carbonyl (C=O) groups is 1. The average molecular weight is 125 g/mol. The minimum atomic E-state index is 0.156. The lowest BCUT2D eigenvalue weighted by atomic mass is 10.1. The maximum atomic E-state index is 10.9. The Kier molecular flexibility index (Phi) is 1.88. The van der Waals surface area contributed by atoms with Crippen molar-refractivity contribution < 1.29 is 4.79 Å². The Bertz CT molecular complexity index is 140. The lowest BCUT2D eigenvalue weighted by molar-refractivity contribution is -0.124. The summed E-state index contributed by atoms with van der Waals surface area (Å²) in [6, 6.07) is 0. The van der Waals surface area contributed by atoms with E-state index >= 15 is 0 Å². The van der Waals surface area contributed by atoms with Crippen LogP contribution >= 0.6 is 0 Å². The molecule has 1 rings (SSSR count). The molecule has 0 aromatic carbocycles. The van der Waals surface area contributed by atoms with Crippen LogP contribution in [0.2, 0.25) is 0 Å². The van der Waals surface area contributed by atoms with E-state index in [0.717, 1.165) is 6.42 Å². The second-order valence-electron chi connectivity index (χ2n) is 2.35. The van der Waals surface area contributed by atoms with Crippen LogP contribution in [0.3, 0.4) is 0 Å². The highest BCUT2D eigenvalue weighted by Crippen LogP contribution is 2.04.